The molecule has 1 aromatic carbocycles. The molecule has 4 nitrogen and oxygen atoms in total. The summed E-state index contributed by atoms with van der Waals surface area (Å²) in [6, 6.07) is 9.58. The molecule has 0 aliphatic heterocycles. The van der Waals surface area contributed by atoms with E-state index in [2.05, 4.69) is 11.9 Å². The molecule has 0 aliphatic rings. The SMILES string of the molecule is C=C(NCC(=O)O)OCc1ccccc1. The summed E-state index contributed by atoms with van der Waals surface area (Å²) < 4.78 is 5.21. The zero-order chi connectivity index (χ0) is 11.1. The van der Waals surface area contributed by atoms with E-state index in [1.54, 1.807) is 0 Å². The fraction of sp³-hybridized carbons (Fsp3) is 0.182. The van der Waals surface area contributed by atoms with Gasteiger partial charge in [0.25, 0.3) is 0 Å². The largest absolute Gasteiger partial charge is 0.480 e. The molecular formula is C11H13NO3. The highest BCUT2D eigenvalue weighted by molar-refractivity contribution is 5.69. The molecule has 0 spiro atoms. The topological polar surface area (TPSA) is 58.6 Å². The minimum atomic E-state index is -0.945. The molecule has 0 amide bonds. The summed E-state index contributed by atoms with van der Waals surface area (Å²) in [6.45, 7) is 3.74. The zero-order valence-electron chi connectivity index (χ0n) is 8.27. The second-order valence-corrected chi connectivity index (χ2v) is 2.94. The van der Waals surface area contributed by atoms with Crippen molar-refractivity contribution in [2.45, 2.75) is 6.61 Å². The van der Waals surface area contributed by atoms with Crippen LogP contribution in [0.2, 0.25) is 0 Å². The Balaban J connectivity index is 2.26. The monoisotopic (exact) mass is 207 g/mol. The third kappa shape index (κ3) is 4.71. The van der Waals surface area contributed by atoms with Crippen molar-refractivity contribution < 1.29 is 14.6 Å². The quantitative estimate of drug-likeness (QED) is 0.691. The number of ether oxygens (including phenoxy) is 1. The molecule has 0 unspecified atom stereocenters. The minimum absolute atomic E-state index is 0.187. The lowest BCUT2D eigenvalue weighted by molar-refractivity contribution is -0.136. The highest BCUT2D eigenvalue weighted by atomic mass is 16.5. The van der Waals surface area contributed by atoms with Crippen molar-refractivity contribution >= 4 is 5.97 Å². The van der Waals surface area contributed by atoms with Crippen LogP contribution in [-0.2, 0) is 16.1 Å². The Labute approximate surface area is 88.2 Å². The van der Waals surface area contributed by atoms with Crippen LogP contribution in [0.1, 0.15) is 5.56 Å². The van der Waals surface area contributed by atoms with Crippen LogP contribution in [0.25, 0.3) is 0 Å². The second-order valence-electron chi connectivity index (χ2n) is 2.94. The first kappa shape index (κ1) is 11.1. The lowest BCUT2D eigenvalue weighted by Crippen LogP contribution is -2.22. The van der Waals surface area contributed by atoms with E-state index in [9.17, 15) is 4.79 Å². The third-order valence-electron chi connectivity index (χ3n) is 1.69. The van der Waals surface area contributed by atoms with Crippen LogP contribution in [0, 0.1) is 0 Å². The summed E-state index contributed by atoms with van der Waals surface area (Å²) in [5.41, 5.74) is 1.01. The Kier molecular flexibility index (Phi) is 4.22. The van der Waals surface area contributed by atoms with Crippen LogP contribution < -0.4 is 5.32 Å². The zero-order valence-corrected chi connectivity index (χ0v) is 8.27. The third-order valence-corrected chi connectivity index (χ3v) is 1.69. The number of carbonyl (C=O) groups is 1. The fourth-order valence-corrected chi connectivity index (χ4v) is 0.970. The number of nitrogens with one attached hydrogen (secondary N) is 1. The van der Waals surface area contributed by atoms with Crippen molar-refractivity contribution in [2.75, 3.05) is 6.54 Å². The van der Waals surface area contributed by atoms with E-state index in [1.807, 2.05) is 30.3 Å². The smallest absolute Gasteiger partial charge is 0.322 e. The Bertz CT molecular complexity index is 335. The number of rotatable bonds is 6. The van der Waals surface area contributed by atoms with Gasteiger partial charge in [-0.1, -0.05) is 30.3 Å². The van der Waals surface area contributed by atoms with Crippen molar-refractivity contribution in [1.29, 1.82) is 0 Å². The summed E-state index contributed by atoms with van der Waals surface area (Å²) >= 11 is 0. The molecule has 4 heteroatoms. The molecule has 0 radical (unpaired) electrons. The van der Waals surface area contributed by atoms with E-state index in [4.69, 9.17) is 9.84 Å². The Morgan fingerprint density at radius 2 is 2.07 bits per heavy atom. The van der Waals surface area contributed by atoms with Crippen molar-refractivity contribution in [1.82, 2.24) is 5.32 Å². The van der Waals surface area contributed by atoms with Gasteiger partial charge in [0.1, 0.15) is 13.2 Å². The van der Waals surface area contributed by atoms with Crippen molar-refractivity contribution in [3.63, 3.8) is 0 Å². The maximum absolute atomic E-state index is 10.2. The van der Waals surface area contributed by atoms with E-state index < -0.39 is 5.97 Å². The molecule has 0 saturated carbocycles. The average Bonchev–Trinajstić information content (AvgIpc) is 2.25. The first-order chi connectivity index (χ1) is 7.18. The standard InChI is InChI=1S/C11H13NO3/c1-9(12-7-11(13)14)15-8-10-5-3-2-4-6-10/h2-6,12H,1,7-8H2,(H,13,14). The molecule has 15 heavy (non-hydrogen) atoms. The highest BCUT2D eigenvalue weighted by Crippen LogP contribution is 2.02. The molecule has 0 aliphatic carbocycles. The lowest BCUT2D eigenvalue weighted by atomic mass is 10.2. The number of benzene rings is 1. The van der Waals surface area contributed by atoms with Gasteiger partial charge in [0.15, 0.2) is 5.88 Å². The van der Waals surface area contributed by atoms with E-state index >= 15 is 0 Å². The molecule has 80 valence electrons. The van der Waals surface area contributed by atoms with Gasteiger partial charge in [-0.2, -0.15) is 0 Å². The van der Waals surface area contributed by atoms with Gasteiger partial charge in [0.05, 0.1) is 0 Å². The molecular weight excluding hydrogens is 194 g/mol. The summed E-state index contributed by atoms with van der Waals surface area (Å²) in [5.74, 6) is -0.680. The number of hydrogen-bond donors (Lipinski definition) is 2. The highest BCUT2D eigenvalue weighted by Gasteiger charge is 1.98. The van der Waals surface area contributed by atoms with Gasteiger partial charge in [0, 0.05) is 0 Å². The maximum atomic E-state index is 10.2. The Morgan fingerprint density at radius 3 is 2.67 bits per heavy atom. The van der Waals surface area contributed by atoms with Gasteiger partial charge in [-0.15, -0.1) is 0 Å². The van der Waals surface area contributed by atoms with Crippen LogP contribution in [0.15, 0.2) is 42.8 Å². The second kappa shape index (κ2) is 5.70. The molecule has 0 bridgehead atoms. The van der Waals surface area contributed by atoms with Crippen LogP contribution in [0.5, 0.6) is 0 Å². The summed E-state index contributed by atoms with van der Waals surface area (Å²) in [7, 11) is 0. The van der Waals surface area contributed by atoms with Gasteiger partial charge in [-0.05, 0) is 12.1 Å². The van der Waals surface area contributed by atoms with E-state index in [1.165, 1.54) is 0 Å². The van der Waals surface area contributed by atoms with Gasteiger partial charge < -0.3 is 15.2 Å². The molecule has 0 aromatic heterocycles. The summed E-state index contributed by atoms with van der Waals surface area (Å²) in [6.07, 6.45) is 0. The number of carboxylic acid groups (broad SMARTS) is 1. The van der Waals surface area contributed by atoms with Crippen LogP contribution in [0.3, 0.4) is 0 Å². The molecule has 2 N–H and O–H groups in total. The van der Waals surface area contributed by atoms with Crippen molar-refractivity contribution in [3.05, 3.63) is 48.4 Å². The van der Waals surface area contributed by atoms with E-state index in [-0.39, 0.29) is 12.4 Å². The normalized spacial score (nSPS) is 9.33. The summed E-state index contributed by atoms with van der Waals surface area (Å²) in [5, 5.41) is 10.9. The molecule has 1 rings (SSSR count). The number of carboxylic acids is 1. The van der Waals surface area contributed by atoms with Crippen LogP contribution >= 0.6 is 0 Å². The predicted octanol–water partition coefficient (Wildman–Crippen LogP) is 1.35. The Hall–Kier alpha value is -1.97. The minimum Gasteiger partial charge on any atom is -0.480 e. The molecule has 0 atom stereocenters. The van der Waals surface area contributed by atoms with E-state index in [0.717, 1.165) is 5.56 Å². The maximum Gasteiger partial charge on any atom is 0.322 e. The van der Waals surface area contributed by atoms with Gasteiger partial charge in [-0.25, -0.2) is 0 Å². The number of aliphatic carboxylic acids is 1. The predicted molar refractivity (Wildman–Crippen MR) is 56.0 cm³/mol. The molecule has 1 aromatic rings. The molecule has 0 fully saturated rings. The lowest BCUT2D eigenvalue weighted by Gasteiger charge is -2.09. The van der Waals surface area contributed by atoms with Gasteiger partial charge in [0.2, 0.25) is 0 Å². The van der Waals surface area contributed by atoms with Gasteiger partial charge in [-0.3, -0.25) is 4.79 Å². The average molecular weight is 207 g/mol. The fourth-order valence-electron chi connectivity index (χ4n) is 0.970. The van der Waals surface area contributed by atoms with Gasteiger partial charge >= 0.3 is 5.97 Å². The Morgan fingerprint density at radius 1 is 1.40 bits per heavy atom. The van der Waals surface area contributed by atoms with Crippen LogP contribution in [0.4, 0.5) is 0 Å². The van der Waals surface area contributed by atoms with Crippen molar-refractivity contribution in [2.24, 2.45) is 0 Å². The van der Waals surface area contributed by atoms with E-state index in [0.29, 0.717) is 6.61 Å². The first-order valence-electron chi connectivity index (χ1n) is 4.50. The molecule has 0 saturated heterocycles. The summed E-state index contributed by atoms with van der Waals surface area (Å²) in [4.78, 5) is 10.2. The number of hydrogen-bond acceptors (Lipinski definition) is 3. The van der Waals surface area contributed by atoms with Crippen molar-refractivity contribution in [3.8, 4) is 0 Å². The van der Waals surface area contributed by atoms with Crippen LogP contribution in [-0.4, -0.2) is 17.6 Å². The molecule has 0 heterocycles. The first-order valence-corrected chi connectivity index (χ1v) is 4.50.